The number of carbonyl (C=O) groups is 2. The van der Waals surface area contributed by atoms with E-state index in [2.05, 4.69) is 38.1 Å². The van der Waals surface area contributed by atoms with Crippen molar-refractivity contribution in [2.45, 2.75) is 92.1 Å². The van der Waals surface area contributed by atoms with Gasteiger partial charge in [-0.2, -0.15) is 0 Å². The van der Waals surface area contributed by atoms with Gasteiger partial charge in [0.1, 0.15) is 5.60 Å². The number of hydrogen-bond donors (Lipinski definition) is 0. The molecular weight excluding hydrogens is 468 g/mol. The molecule has 36 heavy (non-hydrogen) atoms. The molecule has 1 aromatic heterocycles. The Bertz CT molecular complexity index is 1040. The number of hydrogen-bond acceptors (Lipinski definition) is 4. The molecule has 0 unspecified atom stereocenters. The summed E-state index contributed by atoms with van der Waals surface area (Å²) in [6, 6.07) is 9.02. The van der Waals surface area contributed by atoms with Crippen molar-refractivity contribution in [1.29, 1.82) is 0 Å². The first-order chi connectivity index (χ1) is 17.2. The first kappa shape index (κ1) is 28.2. The number of piperidine rings is 1. The van der Waals surface area contributed by atoms with Crippen molar-refractivity contribution in [3.63, 3.8) is 0 Å². The summed E-state index contributed by atoms with van der Waals surface area (Å²) in [5, 5.41) is 0. The summed E-state index contributed by atoms with van der Waals surface area (Å²) >= 11 is 1.64. The SMILES string of the molecule is CC.CCc1cc(C2CCN(C(=O)OC(C)(C)C)CC2)ccc1-c1cc(C)c(C(=O)N2CCCC2)s1. The Kier molecular flexibility index (Phi) is 9.62. The van der Waals surface area contributed by atoms with Crippen molar-refractivity contribution in [2.75, 3.05) is 26.2 Å². The van der Waals surface area contributed by atoms with Gasteiger partial charge in [0.25, 0.3) is 5.91 Å². The third-order valence-corrected chi connectivity index (χ3v) is 8.16. The van der Waals surface area contributed by atoms with E-state index in [-0.39, 0.29) is 12.0 Å². The molecule has 0 bridgehead atoms. The average Bonchev–Trinajstić information content (AvgIpc) is 3.54. The van der Waals surface area contributed by atoms with Crippen LogP contribution in [0.4, 0.5) is 4.79 Å². The minimum Gasteiger partial charge on any atom is -0.444 e. The summed E-state index contributed by atoms with van der Waals surface area (Å²) < 4.78 is 5.54. The van der Waals surface area contributed by atoms with E-state index in [1.165, 1.54) is 21.6 Å². The lowest BCUT2D eigenvalue weighted by atomic mass is 9.87. The Morgan fingerprint density at radius 2 is 1.64 bits per heavy atom. The minimum absolute atomic E-state index is 0.192. The summed E-state index contributed by atoms with van der Waals surface area (Å²) in [5.74, 6) is 0.646. The zero-order chi connectivity index (χ0) is 26.5. The van der Waals surface area contributed by atoms with Gasteiger partial charge in [-0.25, -0.2) is 4.79 Å². The lowest BCUT2D eigenvalue weighted by molar-refractivity contribution is 0.0204. The van der Waals surface area contributed by atoms with Crippen molar-refractivity contribution >= 4 is 23.3 Å². The van der Waals surface area contributed by atoms with Crippen LogP contribution in [0.1, 0.15) is 99.5 Å². The fraction of sp³-hybridized carbons (Fsp3) is 0.600. The third-order valence-electron chi connectivity index (χ3n) is 6.90. The lowest BCUT2D eigenvalue weighted by Gasteiger charge is -2.33. The van der Waals surface area contributed by atoms with Crippen molar-refractivity contribution in [1.82, 2.24) is 9.80 Å². The minimum atomic E-state index is -0.459. The number of carbonyl (C=O) groups excluding carboxylic acids is 2. The number of likely N-dealkylation sites (tertiary alicyclic amines) is 2. The molecule has 0 radical (unpaired) electrons. The quantitative estimate of drug-likeness (QED) is 0.422. The number of thiophene rings is 1. The first-order valence-corrected chi connectivity index (χ1v) is 14.5. The summed E-state index contributed by atoms with van der Waals surface area (Å²) in [4.78, 5) is 31.3. The van der Waals surface area contributed by atoms with Gasteiger partial charge in [0.15, 0.2) is 0 Å². The van der Waals surface area contributed by atoms with Crippen LogP contribution in [-0.4, -0.2) is 53.6 Å². The van der Waals surface area contributed by atoms with Crippen LogP contribution in [0.2, 0.25) is 0 Å². The van der Waals surface area contributed by atoms with Crippen LogP contribution in [0, 0.1) is 6.92 Å². The number of benzene rings is 1. The van der Waals surface area contributed by atoms with Crippen LogP contribution in [0.3, 0.4) is 0 Å². The van der Waals surface area contributed by atoms with Gasteiger partial charge < -0.3 is 14.5 Å². The van der Waals surface area contributed by atoms with Gasteiger partial charge in [0, 0.05) is 31.1 Å². The van der Waals surface area contributed by atoms with E-state index in [0.29, 0.717) is 5.92 Å². The number of nitrogens with zero attached hydrogens (tertiary/aromatic N) is 2. The van der Waals surface area contributed by atoms with Crippen LogP contribution in [-0.2, 0) is 11.2 Å². The number of amides is 2. The summed E-state index contributed by atoms with van der Waals surface area (Å²) in [6.45, 7) is 17.2. The summed E-state index contributed by atoms with van der Waals surface area (Å²) in [5.41, 5.74) is 4.54. The van der Waals surface area contributed by atoms with E-state index in [1.807, 2.05) is 44.4 Å². The number of aryl methyl sites for hydroxylation is 2. The Labute approximate surface area is 221 Å². The summed E-state index contributed by atoms with van der Waals surface area (Å²) in [6.07, 6.45) is 4.87. The Morgan fingerprint density at radius 1 is 1.00 bits per heavy atom. The van der Waals surface area contributed by atoms with E-state index < -0.39 is 5.60 Å². The molecule has 198 valence electrons. The molecule has 0 aliphatic carbocycles. The Balaban J connectivity index is 0.00000176. The van der Waals surface area contributed by atoms with Crippen molar-refractivity contribution < 1.29 is 14.3 Å². The molecule has 0 spiro atoms. The molecule has 0 atom stereocenters. The van der Waals surface area contributed by atoms with Gasteiger partial charge in [0.05, 0.1) is 4.88 Å². The molecule has 2 aliphatic heterocycles. The van der Waals surface area contributed by atoms with E-state index >= 15 is 0 Å². The number of ether oxygens (including phenoxy) is 1. The van der Waals surface area contributed by atoms with Gasteiger partial charge >= 0.3 is 6.09 Å². The van der Waals surface area contributed by atoms with E-state index in [4.69, 9.17) is 4.74 Å². The zero-order valence-electron chi connectivity index (χ0n) is 23.3. The second kappa shape index (κ2) is 12.3. The standard InChI is InChI=1S/C28H38N2O3S.C2H6/c1-6-20-18-22(21-11-15-30(16-12-21)27(32)33-28(3,4)5)9-10-23(20)24-17-19(2)25(34-24)26(31)29-13-7-8-14-29;1-2/h9-10,17-18,21H,6-8,11-16H2,1-5H3;1-2H3. The first-order valence-electron chi connectivity index (χ1n) is 13.7. The van der Waals surface area contributed by atoms with Crippen molar-refractivity contribution in [3.05, 3.63) is 45.8 Å². The molecule has 5 nitrogen and oxygen atoms in total. The predicted octanol–water partition coefficient (Wildman–Crippen LogP) is 7.66. The lowest BCUT2D eigenvalue weighted by Crippen LogP contribution is -2.41. The highest BCUT2D eigenvalue weighted by atomic mass is 32.1. The second-order valence-electron chi connectivity index (χ2n) is 10.6. The smallest absolute Gasteiger partial charge is 0.410 e. The van der Waals surface area contributed by atoms with Crippen LogP contribution >= 0.6 is 11.3 Å². The molecule has 6 heteroatoms. The highest BCUT2D eigenvalue weighted by molar-refractivity contribution is 7.17. The predicted molar refractivity (Wildman–Crippen MR) is 150 cm³/mol. The largest absolute Gasteiger partial charge is 0.444 e. The zero-order valence-corrected chi connectivity index (χ0v) is 24.1. The molecule has 0 saturated carbocycles. The van der Waals surface area contributed by atoms with Crippen LogP contribution in [0.15, 0.2) is 24.3 Å². The molecule has 2 fully saturated rings. The highest BCUT2D eigenvalue weighted by Crippen LogP contribution is 2.37. The van der Waals surface area contributed by atoms with Crippen LogP contribution in [0.25, 0.3) is 10.4 Å². The molecule has 0 N–H and O–H groups in total. The highest BCUT2D eigenvalue weighted by Gasteiger charge is 2.28. The van der Waals surface area contributed by atoms with Crippen LogP contribution in [0.5, 0.6) is 0 Å². The van der Waals surface area contributed by atoms with Crippen LogP contribution < -0.4 is 0 Å². The van der Waals surface area contributed by atoms with Gasteiger partial charge in [-0.3, -0.25) is 4.79 Å². The van der Waals surface area contributed by atoms with Crippen molar-refractivity contribution in [2.24, 2.45) is 0 Å². The van der Waals surface area contributed by atoms with Gasteiger partial charge in [-0.05, 0) is 94.0 Å². The Hall–Kier alpha value is -2.34. The second-order valence-corrected chi connectivity index (χ2v) is 11.7. The fourth-order valence-corrected chi connectivity index (χ4v) is 6.21. The van der Waals surface area contributed by atoms with Gasteiger partial charge in [0.2, 0.25) is 0 Å². The molecule has 1 aromatic carbocycles. The van der Waals surface area contributed by atoms with Gasteiger partial charge in [-0.1, -0.05) is 39.0 Å². The topological polar surface area (TPSA) is 49.9 Å². The monoisotopic (exact) mass is 512 g/mol. The molecular formula is C30H44N2O3S. The maximum absolute atomic E-state index is 13.0. The fourth-order valence-electron chi connectivity index (χ4n) is 5.01. The normalized spacial score (nSPS) is 16.5. The van der Waals surface area contributed by atoms with E-state index in [0.717, 1.165) is 68.7 Å². The third kappa shape index (κ3) is 6.70. The van der Waals surface area contributed by atoms with E-state index in [1.54, 1.807) is 11.3 Å². The average molecular weight is 513 g/mol. The maximum Gasteiger partial charge on any atom is 0.410 e. The molecule has 2 saturated heterocycles. The van der Waals surface area contributed by atoms with Gasteiger partial charge in [-0.15, -0.1) is 11.3 Å². The number of rotatable bonds is 4. The summed E-state index contributed by atoms with van der Waals surface area (Å²) in [7, 11) is 0. The molecule has 4 rings (SSSR count). The Morgan fingerprint density at radius 3 is 2.22 bits per heavy atom. The molecule has 2 aromatic rings. The molecule has 2 aliphatic rings. The van der Waals surface area contributed by atoms with Crippen molar-refractivity contribution in [3.8, 4) is 10.4 Å². The van der Waals surface area contributed by atoms with E-state index in [9.17, 15) is 9.59 Å². The maximum atomic E-state index is 13.0. The molecule has 3 heterocycles. The molecule has 2 amide bonds.